The molecule has 0 spiro atoms. The highest BCUT2D eigenvalue weighted by Gasteiger charge is 2.49. The van der Waals surface area contributed by atoms with Crippen LogP contribution in [0.2, 0.25) is 0 Å². The Kier molecular flexibility index (Phi) is 6.24. The standard InChI is InChI=1S/C31H32N5O5/c1-41-23-6-7-26-24(14-23)18(15-33-26)9-10-32-31(38)25-13-19-12-22(36(39)40)5-8-28(19)35-16-20-11-21(30(25)35)17-34-27(20)3-2-4-29(34)37/h2-8,12,14-15,20-21,25,30,33,39H,9-11,13,16-17H2,1H3,(H,32,38)/q-1/t20?,21?,25-,30+/m1/s1. The summed E-state index contributed by atoms with van der Waals surface area (Å²) in [6, 6.07) is 16.4. The Morgan fingerprint density at radius 2 is 2.07 bits per heavy atom. The molecule has 7 rings (SSSR count). The summed E-state index contributed by atoms with van der Waals surface area (Å²) in [4.78, 5) is 32.2. The van der Waals surface area contributed by atoms with Crippen molar-refractivity contribution >= 4 is 28.2 Å². The maximum Gasteiger partial charge on any atom is 0.250 e. The molecule has 4 aromatic rings. The highest BCUT2D eigenvalue weighted by molar-refractivity contribution is 5.85. The summed E-state index contributed by atoms with van der Waals surface area (Å²) in [5, 5.41) is 25.4. The minimum absolute atomic E-state index is 0.00125. The first kappa shape index (κ1) is 25.7. The average molecular weight is 555 g/mol. The normalized spacial score (nSPS) is 22.5. The first-order valence-electron chi connectivity index (χ1n) is 14.1. The number of rotatable bonds is 6. The monoisotopic (exact) mass is 554 g/mol. The minimum Gasteiger partial charge on any atom is -0.733 e. The molecule has 1 fully saturated rings. The van der Waals surface area contributed by atoms with Crippen molar-refractivity contribution in [3.63, 3.8) is 0 Å². The van der Waals surface area contributed by atoms with Gasteiger partial charge in [-0.15, -0.1) is 0 Å². The van der Waals surface area contributed by atoms with E-state index in [4.69, 9.17) is 4.74 Å². The van der Waals surface area contributed by atoms with E-state index in [-0.39, 0.29) is 46.2 Å². The van der Waals surface area contributed by atoms with E-state index in [9.17, 15) is 20.0 Å². The van der Waals surface area contributed by atoms with Crippen LogP contribution in [0.5, 0.6) is 5.75 Å². The number of amides is 1. The number of methoxy groups -OCH3 is 1. The van der Waals surface area contributed by atoms with Crippen molar-refractivity contribution in [1.29, 1.82) is 0 Å². The summed E-state index contributed by atoms with van der Waals surface area (Å²) in [5.74, 6) is 0.666. The van der Waals surface area contributed by atoms with E-state index in [1.165, 1.54) is 0 Å². The number of hydrogen-bond acceptors (Lipinski definition) is 7. The number of aromatic nitrogens is 2. The van der Waals surface area contributed by atoms with Gasteiger partial charge in [0.15, 0.2) is 0 Å². The molecule has 5 heterocycles. The van der Waals surface area contributed by atoms with E-state index in [0.717, 1.165) is 45.6 Å². The lowest BCUT2D eigenvalue weighted by Crippen LogP contribution is -2.61. The predicted molar refractivity (Wildman–Crippen MR) is 156 cm³/mol. The summed E-state index contributed by atoms with van der Waals surface area (Å²) in [7, 11) is 1.65. The van der Waals surface area contributed by atoms with Crippen molar-refractivity contribution in [2.75, 3.05) is 30.3 Å². The zero-order valence-electron chi connectivity index (χ0n) is 22.7. The number of anilines is 2. The van der Waals surface area contributed by atoms with Crippen molar-refractivity contribution in [2.45, 2.75) is 37.8 Å². The van der Waals surface area contributed by atoms with Crippen molar-refractivity contribution < 1.29 is 14.7 Å². The van der Waals surface area contributed by atoms with Crippen LogP contribution < -0.4 is 25.7 Å². The summed E-state index contributed by atoms with van der Waals surface area (Å²) >= 11 is 0. The lowest BCUT2D eigenvalue weighted by Gasteiger charge is -2.54. The molecular weight excluding hydrogens is 522 g/mol. The molecule has 0 saturated carbocycles. The van der Waals surface area contributed by atoms with Gasteiger partial charge in [0, 0.05) is 66.1 Å². The van der Waals surface area contributed by atoms with Gasteiger partial charge >= 0.3 is 0 Å². The van der Waals surface area contributed by atoms with Crippen LogP contribution in [-0.2, 0) is 24.2 Å². The molecule has 2 bridgehead atoms. The Bertz CT molecular complexity index is 1690. The summed E-state index contributed by atoms with van der Waals surface area (Å²) in [6.45, 7) is 1.73. The molecule has 10 nitrogen and oxygen atoms in total. The van der Waals surface area contributed by atoms with Gasteiger partial charge in [-0.1, -0.05) is 6.07 Å². The third kappa shape index (κ3) is 4.34. The largest absolute Gasteiger partial charge is 0.733 e. The van der Waals surface area contributed by atoms with E-state index >= 15 is 0 Å². The number of hydrogen-bond donors (Lipinski definition) is 3. The lowest BCUT2D eigenvalue weighted by atomic mass is 9.70. The van der Waals surface area contributed by atoms with Crippen LogP contribution in [0, 0.1) is 17.0 Å². The third-order valence-corrected chi connectivity index (χ3v) is 9.22. The van der Waals surface area contributed by atoms with E-state index < -0.39 is 0 Å². The van der Waals surface area contributed by atoms with E-state index in [2.05, 4.69) is 15.2 Å². The Hall–Kier alpha value is -4.28. The van der Waals surface area contributed by atoms with Crippen molar-refractivity contribution in [2.24, 2.45) is 11.8 Å². The number of nitrogens with one attached hydrogen (secondary N) is 2. The SMILES string of the molecule is COc1ccc2[nH]cc(CCNC(=O)[C@@H]3Cc4cc(N([O-])O)ccc4N4CC5CC(Cn6c5cccc6=O)[C@@H]34)c2c1. The molecule has 4 atom stereocenters. The molecule has 0 radical (unpaired) electrons. The smallest absolute Gasteiger partial charge is 0.250 e. The summed E-state index contributed by atoms with van der Waals surface area (Å²) in [6.07, 6.45) is 4.00. The second-order valence-electron chi connectivity index (χ2n) is 11.4. The lowest BCUT2D eigenvalue weighted by molar-refractivity contribution is -0.126. The number of nitrogens with zero attached hydrogens (tertiary/aromatic N) is 3. The Morgan fingerprint density at radius 3 is 2.90 bits per heavy atom. The molecule has 0 aliphatic carbocycles. The number of ether oxygens (including phenoxy) is 1. The molecule has 2 aromatic carbocycles. The minimum atomic E-state index is -0.369. The van der Waals surface area contributed by atoms with E-state index in [1.807, 2.05) is 47.2 Å². The fraction of sp³-hybridized carbons (Fsp3) is 0.355. The second kappa shape index (κ2) is 9.97. The average Bonchev–Trinajstić information content (AvgIpc) is 3.38. The zero-order valence-corrected chi connectivity index (χ0v) is 22.7. The number of benzene rings is 2. The predicted octanol–water partition coefficient (Wildman–Crippen LogP) is 3.56. The van der Waals surface area contributed by atoms with Gasteiger partial charge in [-0.25, -0.2) is 0 Å². The molecule has 212 valence electrons. The molecule has 1 amide bonds. The van der Waals surface area contributed by atoms with Gasteiger partial charge in [0.2, 0.25) is 5.91 Å². The number of piperidine rings is 1. The van der Waals surface area contributed by atoms with Crippen LogP contribution in [0.4, 0.5) is 11.4 Å². The topological polar surface area (TPSA) is 126 Å². The van der Waals surface area contributed by atoms with Crippen molar-refractivity contribution in [3.05, 3.63) is 93.2 Å². The first-order chi connectivity index (χ1) is 19.9. The molecule has 3 aliphatic rings. The molecule has 3 N–H and O–H groups in total. The molecule has 3 aliphatic heterocycles. The van der Waals surface area contributed by atoms with Crippen LogP contribution in [0.1, 0.15) is 29.2 Å². The van der Waals surface area contributed by atoms with E-state index in [1.54, 1.807) is 25.3 Å². The van der Waals surface area contributed by atoms with Crippen molar-refractivity contribution in [3.8, 4) is 5.75 Å². The van der Waals surface area contributed by atoms with Gasteiger partial charge in [0.1, 0.15) is 5.75 Å². The Balaban J connectivity index is 1.17. The number of carbonyl (C=O) groups is 1. The molecule has 10 heteroatoms. The zero-order chi connectivity index (χ0) is 28.2. The summed E-state index contributed by atoms with van der Waals surface area (Å²) < 4.78 is 7.27. The Morgan fingerprint density at radius 1 is 1.20 bits per heavy atom. The maximum absolute atomic E-state index is 13.9. The number of fused-ring (bicyclic) bond motifs is 9. The third-order valence-electron chi connectivity index (χ3n) is 9.22. The van der Waals surface area contributed by atoms with Gasteiger partial charge in [-0.2, -0.15) is 0 Å². The van der Waals surface area contributed by atoms with Crippen LogP contribution in [-0.4, -0.2) is 46.9 Å². The van der Waals surface area contributed by atoms with Crippen LogP contribution >= 0.6 is 0 Å². The quantitative estimate of drug-likeness (QED) is 0.311. The van der Waals surface area contributed by atoms with Crippen LogP contribution in [0.15, 0.2) is 65.6 Å². The van der Waals surface area contributed by atoms with Crippen LogP contribution in [0.3, 0.4) is 0 Å². The molecule has 41 heavy (non-hydrogen) atoms. The van der Waals surface area contributed by atoms with E-state index in [0.29, 0.717) is 32.5 Å². The molecular formula is C31H32N5O5-. The second-order valence-corrected chi connectivity index (χ2v) is 11.4. The number of H-pyrrole nitrogens is 1. The first-order valence-corrected chi connectivity index (χ1v) is 14.1. The highest BCUT2D eigenvalue weighted by Crippen LogP contribution is 2.47. The van der Waals surface area contributed by atoms with Crippen molar-refractivity contribution in [1.82, 2.24) is 14.9 Å². The number of aromatic amines is 1. The Labute approximate surface area is 236 Å². The molecule has 2 aromatic heterocycles. The molecule has 1 saturated heterocycles. The van der Waals surface area contributed by atoms with Gasteiger partial charge in [-0.05, 0) is 78.8 Å². The van der Waals surface area contributed by atoms with Gasteiger partial charge in [-0.3, -0.25) is 14.8 Å². The number of pyridine rings is 1. The van der Waals surface area contributed by atoms with Crippen LogP contribution in [0.25, 0.3) is 10.9 Å². The summed E-state index contributed by atoms with van der Waals surface area (Å²) in [5.41, 5.74) is 5.15. The fourth-order valence-corrected chi connectivity index (χ4v) is 7.40. The number of carbonyl (C=O) groups excluding carboxylic acids is 1. The maximum atomic E-state index is 13.9. The van der Waals surface area contributed by atoms with Gasteiger partial charge < -0.3 is 34.9 Å². The van der Waals surface area contributed by atoms with Gasteiger partial charge in [0.05, 0.1) is 18.7 Å². The van der Waals surface area contributed by atoms with Gasteiger partial charge in [0.25, 0.3) is 5.56 Å². The molecule has 2 unspecified atom stereocenters. The highest BCUT2D eigenvalue weighted by atomic mass is 16.8. The fourth-order valence-electron chi connectivity index (χ4n) is 7.40.